The van der Waals surface area contributed by atoms with E-state index in [-0.39, 0.29) is 23.8 Å². The third-order valence-electron chi connectivity index (χ3n) is 4.83. The molecule has 0 N–H and O–H groups in total. The zero-order valence-corrected chi connectivity index (χ0v) is 14.6. The van der Waals surface area contributed by atoms with Crippen LogP contribution in [0, 0.1) is 5.92 Å². The van der Waals surface area contributed by atoms with E-state index in [0.29, 0.717) is 18.2 Å². The lowest BCUT2D eigenvalue weighted by molar-refractivity contribution is -0.145. The van der Waals surface area contributed by atoms with Gasteiger partial charge in [-0.3, -0.25) is 9.59 Å². The van der Waals surface area contributed by atoms with Gasteiger partial charge in [-0.1, -0.05) is 12.8 Å². The van der Waals surface area contributed by atoms with Gasteiger partial charge in [-0.15, -0.1) is 11.8 Å². The molecule has 2 amide bonds. The Kier molecular flexibility index (Phi) is 4.94. The molecule has 6 nitrogen and oxygen atoms in total. The van der Waals surface area contributed by atoms with Gasteiger partial charge in [0, 0.05) is 38.2 Å². The minimum Gasteiger partial charge on any atom is -0.337 e. The molecule has 0 aromatic carbocycles. The molecule has 1 aromatic heterocycles. The van der Waals surface area contributed by atoms with Crippen LogP contribution in [0.5, 0.6) is 0 Å². The van der Waals surface area contributed by atoms with Crippen molar-refractivity contribution in [3.63, 3.8) is 0 Å². The Morgan fingerprint density at radius 3 is 2.78 bits per heavy atom. The average Bonchev–Trinajstić information content (AvgIpc) is 3.28. The molecular weight excluding hydrogens is 312 g/mol. The third kappa shape index (κ3) is 3.39. The number of rotatable bonds is 4. The molecule has 2 heterocycles. The van der Waals surface area contributed by atoms with E-state index in [4.69, 9.17) is 0 Å². The summed E-state index contributed by atoms with van der Waals surface area (Å²) in [6.45, 7) is 0.467. The summed E-state index contributed by atoms with van der Waals surface area (Å²) >= 11 is 1.67. The van der Waals surface area contributed by atoms with E-state index in [1.165, 1.54) is 0 Å². The van der Waals surface area contributed by atoms with Gasteiger partial charge in [-0.2, -0.15) is 0 Å². The number of carbonyl (C=O) groups is 2. The first-order valence-corrected chi connectivity index (χ1v) is 9.33. The van der Waals surface area contributed by atoms with Gasteiger partial charge in [0.25, 0.3) is 0 Å². The lowest BCUT2D eigenvalue weighted by Crippen LogP contribution is -2.49. The Bertz CT molecular complexity index is 582. The Labute approximate surface area is 141 Å². The van der Waals surface area contributed by atoms with Crippen LogP contribution in [-0.2, 0) is 23.2 Å². The largest absolute Gasteiger partial charge is 0.337 e. The van der Waals surface area contributed by atoms with Gasteiger partial charge in [0.15, 0.2) is 0 Å². The van der Waals surface area contributed by atoms with E-state index < -0.39 is 0 Å². The van der Waals surface area contributed by atoms with Gasteiger partial charge >= 0.3 is 0 Å². The average molecular weight is 336 g/mol. The smallest absolute Gasteiger partial charge is 0.246 e. The maximum Gasteiger partial charge on any atom is 0.246 e. The highest BCUT2D eigenvalue weighted by Crippen LogP contribution is 2.31. The fraction of sp³-hybridized carbons (Fsp3) is 0.688. The number of aryl methyl sites for hydroxylation is 1. The SMILES string of the molecule is CN(Cc1nccn1C)C(=O)[C@H]1CSCN1C(=O)C1CCCC1. The minimum absolute atomic E-state index is 0.0179. The lowest BCUT2D eigenvalue weighted by Gasteiger charge is -2.29. The van der Waals surface area contributed by atoms with E-state index in [1.54, 1.807) is 34.8 Å². The van der Waals surface area contributed by atoms with Crippen molar-refractivity contribution in [1.82, 2.24) is 19.4 Å². The molecule has 0 radical (unpaired) electrons. The Hall–Kier alpha value is -1.50. The highest BCUT2D eigenvalue weighted by molar-refractivity contribution is 7.99. The Morgan fingerprint density at radius 1 is 1.39 bits per heavy atom. The monoisotopic (exact) mass is 336 g/mol. The topological polar surface area (TPSA) is 58.4 Å². The van der Waals surface area contributed by atoms with Crippen LogP contribution in [-0.4, -0.2) is 55.9 Å². The van der Waals surface area contributed by atoms with Crippen LogP contribution in [0.15, 0.2) is 12.4 Å². The zero-order valence-electron chi connectivity index (χ0n) is 13.8. The maximum atomic E-state index is 12.8. The lowest BCUT2D eigenvalue weighted by atomic mass is 10.1. The van der Waals surface area contributed by atoms with Gasteiger partial charge in [0.2, 0.25) is 11.8 Å². The molecule has 126 valence electrons. The van der Waals surface area contributed by atoms with Crippen LogP contribution in [0.25, 0.3) is 0 Å². The first-order chi connectivity index (χ1) is 11.1. The van der Waals surface area contributed by atoms with Gasteiger partial charge in [0.05, 0.1) is 12.4 Å². The number of amides is 2. The van der Waals surface area contributed by atoms with Crippen molar-refractivity contribution in [2.24, 2.45) is 13.0 Å². The van der Waals surface area contributed by atoms with Crippen molar-refractivity contribution >= 4 is 23.6 Å². The molecular formula is C16H24N4O2S. The Balaban J connectivity index is 1.65. The normalized spacial score (nSPS) is 21.8. The molecule has 1 aliphatic carbocycles. The number of likely N-dealkylation sites (N-methyl/N-ethyl adjacent to an activating group) is 1. The van der Waals surface area contributed by atoms with E-state index in [2.05, 4.69) is 4.98 Å². The number of carbonyl (C=O) groups excluding carboxylic acids is 2. The molecule has 1 aliphatic heterocycles. The number of hydrogen-bond donors (Lipinski definition) is 0. The van der Waals surface area contributed by atoms with Crippen molar-refractivity contribution in [2.75, 3.05) is 18.7 Å². The highest BCUT2D eigenvalue weighted by atomic mass is 32.2. The van der Waals surface area contributed by atoms with E-state index >= 15 is 0 Å². The van der Waals surface area contributed by atoms with Crippen LogP contribution < -0.4 is 0 Å². The third-order valence-corrected chi connectivity index (χ3v) is 5.84. The second-order valence-corrected chi connectivity index (χ2v) is 7.45. The maximum absolute atomic E-state index is 12.8. The molecule has 23 heavy (non-hydrogen) atoms. The van der Waals surface area contributed by atoms with Crippen molar-refractivity contribution in [1.29, 1.82) is 0 Å². The van der Waals surface area contributed by atoms with Gasteiger partial charge in [0.1, 0.15) is 11.9 Å². The van der Waals surface area contributed by atoms with Crippen molar-refractivity contribution in [2.45, 2.75) is 38.3 Å². The minimum atomic E-state index is -0.321. The molecule has 2 aliphatic rings. The van der Waals surface area contributed by atoms with Crippen molar-refractivity contribution in [3.8, 4) is 0 Å². The van der Waals surface area contributed by atoms with Crippen LogP contribution >= 0.6 is 11.8 Å². The fourth-order valence-electron chi connectivity index (χ4n) is 3.36. The quantitative estimate of drug-likeness (QED) is 0.835. The first kappa shape index (κ1) is 16.4. The number of hydrogen-bond acceptors (Lipinski definition) is 4. The molecule has 0 spiro atoms. The predicted molar refractivity (Wildman–Crippen MR) is 89.6 cm³/mol. The number of thioether (sulfide) groups is 1. The molecule has 1 aromatic rings. The molecule has 3 rings (SSSR count). The second-order valence-electron chi connectivity index (χ2n) is 6.45. The van der Waals surface area contributed by atoms with Crippen molar-refractivity contribution < 1.29 is 9.59 Å². The number of nitrogens with zero attached hydrogens (tertiary/aromatic N) is 4. The van der Waals surface area contributed by atoms with Crippen molar-refractivity contribution in [3.05, 3.63) is 18.2 Å². The zero-order chi connectivity index (χ0) is 16.4. The summed E-state index contributed by atoms with van der Waals surface area (Å²) < 4.78 is 1.91. The molecule has 1 atom stereocenters. The van der Waals surface area contributed by atoms with Crippen LogP contribution in [0.3, 0.4) is 0 Å². The summed E-state index contributed by atoms with van der Waals surface area (Å²) in [5.41, 5.74) is 0. The molecule has 1 saturated carbocycles. The molecule has 7 heteroatoms. The molecule has 0 bridgehead atoms. The summed E-state index contributed by atoms with van der Waals surface area (Å²) in [6, 6.07) is -0.321. The van der Waals surface area contributed by atoms with Crippen LogP contribution in [0.4, 0.5) is 0 Å². The van der Waals surface area contributed by atoms with Crippen LogP contribution in [0.2, 0.25) is 0 Å². The molecule has 2 fully saturated rings. The standard InChI is InChI=1S/C16H24N4O2S/c1-18-8-7-17-14(18)9-19(2)16(22)13-10-23-11-20(13)15(21)12-5-3-4-6-12/h7-8,12-13H,3-6,9-11H2,1-2H3/t13-/m1/s1. The van der Waals surface area contributed by atoms with Gasteiger partial charge in [-0.25, -0.2) is 4.98 Å². The van der Waals surface area contributed by atoms with E-state index in [1.807, 2.05) is 17.8 Å². The van der Waals surface area contributed by atoms with Gasteiger partial charge < -0.3 is 14.4 Å². The summed E-state index contributed by atoms with van der Waals surface area (Å²) in [4.78, 5) is 33.2. The first-order valence-electron chi connectivity index (χ1n) is 8.17. The molecule has 1 saturated heterocycles. The highest BCUT2D eigenvalue weighted by Gasteiger charge is 2.39. The van der Waals surface area contributed by atoms with Crippen LogP contribution in [0.1, 0.15) is 31.5 Å². The van der Waals surface area contributed by atoms with E-state index in [0.717, 1.165) is 31.5 Å². The van der Waals surface area contributed by atoms with E-state index in [9.17, 15) is 9.59 Å². The number of imidazole rings is 1. The molecule has 0 unspecified atom stereocenters. The summed E-state index contributed by atoms with van der Waals surface area (Å²) in [7, 11) is 3.71. The summed E-state index contributed by atoms with van der Waals surface area (Å²) in [6.07, 6.45) is 7.82. The fourth-order valence-corrected chi connectivity index (χ4v) is 4.52. The van der Waals surface area contributed by atoms with Gasteiger partial charge in [-0.05, 0) is 12.8 Å². The second kappa shape index (κ2) is 6.95. The summed E-state index contributed by atoms with van der Waals surface area (Å²) in [5.74, 6) is 2.51. The predicted octanol–water partition coefficient (Wildman–Crippen LogP) is 1.47. The summed E-state index contributed by atoms with van der Waals surface area (Å²) in [5, 5.41) is 0. The number of aromatic nitrogens is 2. The Morgan fingerprint density at radius 2 is 2.13 bits per heavy atom.